The van der Waals surface area contributed by atoms with E-state index >= 15 is 0 Å². The molecule has 0 aliphatic rings. The van der Waals surface area contributed by atoms with Gasteiger partial charge in [0.05, 0.1) is 6.54 Å². The molecule has 1 aromatic carbocycles. The number of hydrogen-bond acceptors (Lipinski definition) is 3. The normalized spacial score (nSPS) is 10.8. The standard InChI is InChI=1S/C14H14FNOS/c1-16(9-13-3-2-8-18-13)10-14(17)11-4-6-12(15)7-5-11/h2-8H,9-10H2,1H3. The molecule has 0 aliphatic carbocycles. The largest absolute Gasteiger partial charge is 0.294 e. The Kier molecular flexibility index (Phi) is 4.23. The molecule has 2 aromatic rings. The van der Waals surface area contributed by atoms with Crippen LogP contribution < -0.4 is 0 Å². The number of rotatable bonds is 5. The summed E-state index contributed by atoms with van der Waals surface area (Å²) in [5.41, 5.74) is 0.550. The molecule has 0 aliphatic heterocycles. The second kappa shape index (κ2) is 5.89. The first-order valence-corrected chi connectivity index (χ1v) is 6.53. The van der Waals surface area contributed by atoms with Gasteiger partial charge in [0, 0.05) is 17.0 Å². The third kappa shape index (κ3) is 3.48. The van der Waals surface area contributed by atoms with Gasteiger partial charge in [-0.3, -0.25) is 9.69 Å². The maximum atomic E-state index is 12.7. The summed E-state index contributed by atoms with van der Waals surface area (Å²) in [6.45, 7) is 1.09. The van der Waals surface area contributed by atoms with Crippen molar-refractivity contribution in [1.82, 2.24) is 4.90 Å². The number of hydrogen-bond donors (Lipinski definition) is 0. The van der Waals surface area contributed by atoms with E-state index in [0.29, 0.717) is 12.1 Å². The highest BCUT2D eigenvalue weighted by molar-refractivity contribution is 7.09. The van der Waals surface area contributed by atoms with Gasteiger partial charge < -0.3 is 0 Å². The topological polar surface area (TPSA) is 20.3 Å². The number of Topliss-reactive ketones (excluding diaryl/α,β-unsaturated/α-hetero) is 1. The van der Waals surface area contributed by atoms with E-state index in [0.717, 1.165) is 6.54 Å². The maximum Gasteiger partial charge on any atom is 0.176 e. The molecule has 1 aromatic heterocycles. The highest BCUT2D eigenvalue weighted by Crippen LogP contribution is 2.11. The van der Waals surface area contributed by atoms with Gasteiger partial charge in [0.15, 0.2) is 5.78 Å². The van der Waals surface area contributed by atoms with Crippen molar-refractivity contribution in [2.75, 3.05) is 13.6 Å². The average molecular weight is 263 g/mol. The predicted molar refractivity (Wildman–Crippen MR) is 71.4 cm³/mol. The molecule has 2 rings (SSSR count). The molecule has 18 heavy (non-hydrogen) atoms. The van der Waals surface area contributed by atoms with Crippen molar-refractivity contribution < 1.29 is 9.18 Å². The van der Waals surface area contributed by atoms with Gasteiger partial charge in [0.25, 0.3) is 0 Å². The monoisotopic (exact) mass is 263 g/mol. The average Bonchev–Trinajstić information content (AvgIpc) is 2.82. The van der Waals surface area contributed by atoms with Crippen LogP contribution in [0, 0.1) is 5.82 Å². The highest BCUT2D eigenvalue weighted by atomic mass is 32.1. The first kappa shape index (κ1) is 12.9. The van der Waals surface area contributed by atoms with Gasteiger partial charge in [0.2, 0.25) is 0 Å². The molecule has 2 nitrogen and oxygen atoms in total. The summed E-state index contributed by atoms with van der Waals surface area (Å²) < 4.78 is 12.7. The zero-order valence-electron chi connectivity index (χ0n) is 10.1. The summed E-state index contributed by atoms with van der Waals surface area (Å²) in [7, 11) is 1.90. The van der Waals surface area contributed by atoms with E-state index < -0.39 is 0 Å². The Morgan fingerprint density at radius 2 is 2.00 bits per heavy atom. The Bertz CT molecular complexity index is 507. The Balaban J connectivity index is 1.92. The first-order chi connectivity index (χ1) is 8.65. The molecule has 0 saturated heterocycles. The minimum atomic E-state index is -0.321. The van der Waals surface area contributed by atoms with Crippen LogP contribution in [-0.4, -0.2) is 24.3 Å². The van der Waals surface area contributed by atoms with E-state index in [2.05, 4.69) is 0 Å². The van der Waals surface area contributed by atoms with E-state index in [1.54, 1.807) is 11.3 Å². The van der Waals surface area contributed by atoms with Gasteiger partial charge in [-0.15, -0.1) is 11.3 Å². The molecule has 94 valence electrons. The summed E-state index contributed by atoms with van der Waals surface area (Å²) in [6, 6.07) is 9.71. The second-order valence-electron chi connectivity index (χ2n) is 4.18. The van der Waals surface area contributed by atoms with E-state index in [-0.39, 0.29) is 11.6 Å². The van der Waals surface area contributed by atoms with Crippen LogP contribution in [0.5, 0.6) is 0 Å². The fourth-order valence-electron chi connectivity index (χ4n) is 1.70. The lowest BCUT2D eigenvalue weighted by Gasteiger charge is -2.14. The molecule has 0 radical (unpaired) electrons. The zero-order valence-corrected chi connectivity index (χ0v) is 10.9. The van der Waals surface area contributed by atoms with E-state index in [9.17, 15) is 9.18 Å². The van der Waals surface area contributed by atoms with Gasteiger partial charge in [-0.25, -0.2) is 4.39 Å². The van der Waals surface area contributed by atoms with Crippen LogP contribution in [0.15, 0.2) is 41.8 Å². The summed E-state index contributed by atoms with van der Waals surface area (Å²) in [5.74, 6) is -0.312. The molecule has 0 atom stereocenters. The fraction of sp³-hybridized carbons (Fsp3) is 0.214. The quantitative estimate of drug-likeness (QED) is 0.772. The Morgan fingerprint density at radius 3 is 2.61 bits per heavy atom. The van der Waals surface area contributed by atoms with E-state index in [1.165, 1.54) is 29.1 Å². The van der Waals surface area contributed by atoms with Gasteiger partial charge in [-0.2, -0.15) is 0 Å². The van der Waals surface area contributed by atoms with Crippen LogP contribution >= 0.6 is 11.3 Å². The summed E-state index contributed by atoms with van der Waals surface area (Å²) >= 11 is 1.67. The molecule has 0 amide bonds. The van der Waals surface area contributed by atoms with E-state index in [4.69, 9.17) is 0 Å². The number of benzene rings is 1. The third-order valence-electron chi connectivity index (χ3n) is 2.59. The van der Waals surface area contributed by atoms with Crippen molar-refractivity contribution in [1.29, 1.82) is 0 Å². The van der Waals surface area contributed by atoms with Crippen LogP contribution in [-0.2, 0) is 6.54 Å². The Hall–Kier alpha value is -1.52. The molecule has 0 spiro atoms. The van der Waals surface area contributed by atoms with Gasteiger partial charge >= 0.3 is 0 Å². The Labute approximate surface area is 110 Å². The van der Waals surface area contributed by atoms with Crippen molar-refractivity contribution in [3.63, 3.8) is 0 Å². The minimum Gasteiger partial charge on any atom is -0.294 e. The minimum absolute atomic E-state index is 0.00839. The third-order valence-corrected chi connectivity index (χ3v) is 3.45. The van der Waals surface area contributed by atoms with Gasteiger partial charge in [0.1, 0.15) is 5.82 Å². The lowest BCUT2D eigenvalue weighted by molar-refractivity contribution is 0.0943. The summed E-state index contributed by atoms with van der Waals surface area (Å²) in [5, 5.41) is 2.02. The second-order valence-corrected chi connectivity index (χ2v) is 5.21. The molecule has 0 N–H and O–H groups in total. The number of carbonyl (C=O) groups is 1. The lowest BCUT2D eigenvalue weighted by atomic mass is 10.1. The van der Waals surface area contributed by atoms with Gasteiger partial charge in [-0.1, -0.05) is 6.07 Å². The van der Waals surface area contributed by atoms with Crippen LogP contribution in [0.25, 0.3) is 0 Å². The number of thiophene rings is 1. The SMILES string of the molecule is CN(CC(=O)c1ccc(F)cc1)Cc1cccs1. The molecule has 0 saturated carbocycles. The van der Waals surface area contributed by atoms with Crippen LogP contribution in [0.1, 0.15) is 15.2 Å². The Morgan fingerprint density at radius 1 is 1.28 bits per heavy atom. The smallest absolute Gasteiger partial charge is 0.176 e. The summed E-state index contributed by atoms with van der Waals surface area (Å²) in [4.78, 5) is 15.1. The predicted octanol–water partition coefficient (Wildman–Crippen LogP) is 3.20. The van der Waals surface area contributed by atoms with E-state index in [1.807, 2.05) is 29.5 Å². The molecule has 0 fully saturated rings. The first-order valence-electron chi connectivity index (χ1n) is 5.65. The lowest BCUT2D eigenvalue weighted by Crippen LogP contribution is -2.25. The molecule has 1 heterocycles. The highest BCUT2D eigenvalue weighted by Gasteiger charge is 2.10. The van der Waals surface area contributed by atoms with Crippen LogP contribution in [0.3, 0.4) is 0 Å². The molecular formula is C14H14FNOS. The van der Waals surface area contributed by atoms with Crippen LogP contribution in [0.4, 0.5) is 4.39 Å². The van der Waals surface area contributed by atoms with Crippen molar-refractivity contribution in [2.24, 2.45) is 0 Å². The molecule has 0 bridgehead atoms. The number of carbonyl (C=O) groups excluding carboxylic acids is 1. The summed E-state index contributed by atoms with van der Waals surface area (Å²) in [6.07, 6.45) is 0. The molecule has 4 heteroatoms. The fourth-order valence-corrected chi connectivity index (χ4v) is 2.48. The zero-order chi connectivity index (χ0) is 13.0. The van der Waals surface area contributed by atoms with Crippen molar-refractivity contribution in [3.05, 3.63) is 58.0 Å². The van der Waals surface area contributed by atoms with Crippen molar-refractivity contribution in [3.8, 4) is 0 Å². The van der Waals surface area contributed by atoms with Crippen molar-refractivity contribution >= 4 is 17.1 Å². The van der Waals surface area contributed by atoms with Crippen LogP contribution in [0.2, 0.25) is 0 Å². The molecule has 0 unspecified atom stereocenters. The van der Waals surface area contributed by atoms with Gasteiger partial charge in [-0.05, 0) is 42.8 Å². The maximum absolute atomic E-state index is 12.7. The van der Waals surface area contributed by atoms with Crippen molar-refractivity contribution in [2.45, 2.75) is 6.54 Å². The number of halogens is 1. The number of nitrogens with zero attached hydrogens (tertiary/aromatic N) is 1. The number of ketones is 1. The molecular weight excluding hydrogens is 249 g/mol. The number of likely N-dealkylation sites (N-methyl/N-ethyl adjacent to an activating group) is 1.